The third kappa shape index (κ3) is 7.93. The first-order valence-electron chi connectivity index (χ1n) is 13.3. The maximum atomic E-state index is 13.9. The number of carbonyl (C=O) groups excluding carboxylic acids is 2. The fourth-order valence-corrected chi connectivity index (χ4v) is 5.59. The van der Waals surface area contributed by atoms with Gasteiger partial charge in [-0.1, -0.05) is 67.1 Å². The first kappa shape index (κ1) is 29.9. The van der Waals surface area contributed by atoms with E-state index in [-0.39, 0.29) is 23.4 Å². The fraction of sp³-hybridized carbons (Fsp3) is 0.355. The topological polar surface area (TPSA) is 86.8 Å². The highest BCUT2D eigenvalue weighted by molar-refractivity contribution is 7.92. The lowest BCUT2D eigenvalue weighted by Crippen LogP contribution is -2.53. The van der Waals surface area contributed by atoms with Gasteiger partial charge in [0.1, 0.15) is 12.6 Å². The van der Waals surface area contributed by atoms with Gasteiger partial charge < -0.3 is 10.2 Å². The summed E-state index contributed by atoms with van der Waals surface area (Å²) in [7, 11) is -4.07. The van der Waals surface area contributed by atoms with Crippen LogP contribution in [0.2, 0.25) is 0 Å². The van der Waals surface area contributed by atoms with E-state index < -0.39 is 28.5 Å². The van der Waals surface area contributed by atoms with Crippen LogP contribution in [0.25, 0.3) is 0 Å². The zero-order valence-corrected chi connectivity index (χ0v) is 24.2. The van der Waals surface area contributed by atoms with Gasteiger partial charge in [-0.2, -0.15) is 0 Å². The molecule has 2 amide bonds. The lowest BCUT2D eigenvalue weighted by Gasteiger charge is -2.32. The van der Waals surface area contributed by atoms with E-state index >= 15 is 0 Å². The zero-order chi connectivity index (χ0) is 28.6. The van der Waals surface area contributed by atoms with Gasteiger partial charge in [-0.15, -0.1) is 0 Å². The average molecular weight is 550 g/mol. The van der Waals surface area contributed by atoms with Gasteiger partial charge >= 0.3 is 0 Å². The standard InChI is InChI=1S/C31H39N3O4S/c1-6-25(4)32-31(36)26(5)33(20-19-27-12-8-7-9-13-27)30(35)22-34(28-14-10-11-24(3)21-28)39(37,38)29-17-15-23(2)16-18-29/h7-18,21,25-26H,6,19-20,22H2,1-5H3,(H,32,36)/t25-,26+/m0/s1. The molecule has 0 aliphatic rings. The van der Waals surface area contributed by atoms with Gasteiger partial charge in [-0.25, -0.2) is 8.42 Å². The van der Waals surface area contributed by atoms with E-state index in [0.29, 0.717) is 12.1 Å². The largest absolute Gasteiger partial charge is 0.352 e. The van der Waals surface area contributed by atoms with E-state index in [9.17, 15) is 18.0 Å². The Kier molecular flexibility index (Phi) is 10.3. The number of hydrogen-bond donors (Lipinski definition) is 1. The Morgan fingerprint density at radius 1 is 0.872 bits per heavy atom. The van der Waals surface area contributed by atoms with Crippen molar-refractivity contribution in [1.29, 1.82) is 0 Å². The molecule has 0 fully saturated rings. The molecular weight excluding hydrogens is 510 g/mol. The van der Waals surface area contributed by atoms with E-state index in [0.717, 1.165) is 27.4 Å². The summed E-state index contributed by atoms with van der Waals surface area (Å²) in [6, 6.07) is 22.5. The van der Waals surface area contributed by atoms with E-state index in [1.807, 2.05) is 64.1 Å². The van der Waals surface area contributed by atoms with Gasteiger partial charge in [-0.3, -0.25) is 13.9 Å². The summed E-state index contributed by atoms with van der Waals surface area (Å²) in [6.45, 7) is 9.16. The molecule has 0 radical (unpaired) electrons. The van der Waals surface area contributed by atoms with Crippen LogP contribution in [0, 0.1) is 13.8 Å². The molecule has 0 saturated heterocycles. The SMILES string of the molecule is CC[C@H](C)NC(=O)[C@@H](C)N(CCc1ccccc1)C(=O)CN(c1cccc(C)c1)S(=O)(=O)c1ccc(C)cc1. The smallest absolute Gasteiger partial charge is 0.264 e. The van der Waals surface area contributed by atoms with Gasteiger partial charge in [-0.05, 0) is 75.9 Å². The predicted octanol–water partition coefficient (Wildman–Crippen LogP) is 4.87. The average Bonchev–Trinajstić information content (AvgIpc) is 2.92. The van der Waals surface area contributed by atoms with Crippen LogP contribution < -0.4 is 9.62 Å². The lowest BCUT2D eigenvalue weighted by molar-refractivity contribution is -0.139. The van der Waals surface area contributed by atoms with Gasteiger partial charge in [0.2, 0.25) is 11.8 Å². The van der Waals surface area contributed by atoms with Crippen molar-refractivity contribution in [2.45, 2.75) is 64.4 Å². The van der Waals surface area contributed by atoms with Crippen molar-refractivity contribution in [3.05, 3.63) is 95.6 Å². The van der Waals surface area contributed by atoms with Gasteiger partial charge in [0.25, 0.3) is 10.0 Å². The number of nitrogens with one attached hydrogen (secondary N) is 1. The van der Waals surface area contributed by atoms with Crippen molar-refractivity contribution < 1.29 is 18.0 Å². The van der Waals surface area contributed by atoms with Crippen LogP contribution in [-0.2, 0) is 26.0 Å². The van der Waals surface area contributed by atoms with Crippen LogP contribution >= 0.6 is 0 Å². The van der Waals surface area contributed by atoms with Crippen LogP contribution in [0.3, 0.4) is 0 Å². The molecule has 0 unspecified atom stereocenters. The second kappa shape index (κ2) is 13.4. The predicted molar refractivity (Wildman–Crippen MR) is 156 cm³/mol. The van der Waals surface area contributed by atoms with Crippen LogP contribution in [0.15, 0.2) is 83.8 Å². The van der Waals surface area contributed by atoms with E-state index in [2.05, 4.69) is 5.32 Å². The third-order valence-corrected chi connectivity index (χ3v) is 8.62. The quantitative estimate of drug-likeness (QED) is 0.349. The summed E-state index contributed by atoms with van der Waals surface area (Å²) < 4.78 is 28.9. The molecule has 0 saturated carbocycles. The third-order valence-electron chi connectivity index (χ3n) is 6.83. The molecule has 7 nitrogen and oxygen atoms in total. The second-order valence-electron chi connectivity index (χ2n) is 9.98. The summed E-state index contributed by atoms with van der Waals surface area (Å²) in [4.78, 5) is 28.6. The normalized spacial score (nSPS) is 12.8. The van der Waals surface area contributed by atoms with Crippen LogP contribution in [0.5, 0.6) is 0 Å². The summed E-state index contributed by atoms with van der Waals surface area (Å²) in [5.41, 5.74) is 3.21. The molecule has 3 aromatic rings. The van der Waals surface area contributed by atoms with Crippen molar-refractivity contribution in [3.8, 4) is 0 Å². The minimum absolute atomic E-state index is 0.0447. The summed E-state index contributed by atoms with van der Waals surface area (Å²) in [5, 5.41) is 2.95. The summed E-state index contributed by atoms with van der Waals surface area (Å²) in [6.07, 6.45) is 1.29. The molecule has 2 atom stereocenters. The zero-order valence-electron chi connectivity index (χ0n) is 23.4. The van der Waals surface area contributed by atoms with Crippen LogP contribution in [0.1, 0.15) is 43.9 Å². The number of hydrogen-bond acceptors (Lipinski definition) is 4. The number of rotatable bonds is 12. The lowest BCUT2D eigenvalue weighted by atomic mass is 10.1. The number of nitrogens with zero attached hydrogens (tertiary/aromatic N) is 2. The number of amides is 2. The molecule has 8 heteroatoms. The van der Waals surface area contributed by atoms with Crippen molar-refractivity contribution in [2.75, 3.05) is 17.4 Å². The molecule has 1 N–H and O–H groups in total. The molecule has 0 spiro atoms. The molecule has 0 heterocycles. The molecule has 208 valence electrons. The van der Waals surface area contributed by atoms with Gasteiger partial charge in [0.15, 0.2) is 0 Å². The fourth-order valence-electron chi connectivity index (χ4n) is 4.18. The molecule has 3 aromatic carbocycles. The minimum Gasteiger partial charge on any atom is -0.352 e. The van der Waals surface area contributed by atoms with Crippen molar-refractivity contribution >= 4 is 27.5 Å². The van der Waals surface area contributed by atoms with Crippen molar-refractivity contribution in [1.82, 2.24) is 10.2 Å². The molecule has 39 heavy (non-hydrogen) atoms. The Bertz CT molecular complexity index is 1360. The van der Waals surface area contributed by atoms with Crippen LogP contribution in [-0.4, -0.2) is 50.3 Å². The highest BCUT2D eigenvalue weighted by Gasteiger charge is 2.32. The Hall–Kier alpha value is -3.65. The second-order valence-corrected chi connectivity index (χ2v) is 11.8. The van der Waals surface area contributed by atoms with Crippen molar-refractivity contribution in [2.24, 2.45) is 0 Å². The molecular formula is C31H39N3O4S. The highest BCUT2D eigenvalue weighted by atomic mass is 32.2. The first-order valence-corrected chi connectivity index (χ1v) is 14.8. The number of carbonyl (C=O) groups is 2. The van der Waals surface area contributed by atoms with E-state index in [1.54, 1.807) is 49.4 Å². The highest BCUT2D eigenvalue weighted by Crippen LogP contribution is 2.25. The Labute approximate surface area is 232 Å². The number of sulfonamides is 1. The van der Waals surface area contributed by atoms with Crippen molar-refractivity contribution in [3.63, 3.8) is 0 Å². The molecule has 3 rings (SSSR count). The molecule has 0 aromatic heterocycles. The first-order chi connectivity index (χ1) is 18.5. The maximum Gasteiger partial charge on any atom is 0.264 e. The monoisotopic (exact) mass is 549 g/mol. The summed E-state index contributed by atoms with van der Waals surface area (Å²) >= 11 is 0. The van der Waals surface area contributed by atoms with Crippen LogP contribution in [0.4, 0.5) is 5.69 Å². The molecule has 0 bridgehead atoms. The van der Waals surface area contributed by atoms with Gasteiger partial charge in [0.05, 0.1) is 10.6 Å². The Morgan fingerprint density at radius 3 is 2.15 bits per heavy atom. The molecule has 0 aliphatic heterocycles. The number of benzene rings is 3. The minimum atomic E-state index is -4.07. The van der Waals surface area contributed by atoms with E-state index in [1.165, 1.54) is 4.90 Å². The molecule has 0 aliphatic carbocycles. The number of aryl methyl sites for hydroxylation is 2. The number of anilines is 1. The van der Waals surface area contributed by atoms with E-state index in [4.69, 9.17) is 0 Å². The summed E-state index contributed by atoms with van der Waals surface area (Å²) in [5.74, 6) is -0.718. The maximum absolute atomic E-state index is 13.9. The Balaban J connectivity index is 1.97. The Morgan fingerprint density at radius 2 is 1.54 bits per heavy atom. The van der Waals surface area contributed by atoms with Gasteiger partial charge in [0, 0.05) is 12.6 Å².